The monoisotopic (exact) mass is 673 g/mol. The molecule has 1 N–H and O–H groups in total. The van der Waals surface area contributed by atoms with Crippen LogP contribution in [-0.4, -0.2) is 71.8 Å². The van der Waals surface area contributed by atoms with Crippen LogP contribution in [0.3, 0.4) is 0 Å². The van der Waals surface area contributed by atoms with Gasteiger partial charge in [-0.05, 0) is 93.0 Å². The van der Waals surface area contributed by atoms with E-state index in [2.05, 4.69) is 40.4 Å². The number of hydrogen-bond donors (Lipinski definition) is 1. The Balaban J connectivity index is 1.38. The molecule has 1 aromatic heterocycles. The van der Waals surface area contributed by atoms with Crippen molar-refractivity contribution < 1.29 is 22.7 Å². The Kier molecular flexibility index (Phi) is 9.53. The van der Waals surface area contributed by atoms with Crippen molar-refractivity contribution in [2.24, 2.45) is 11.3 Å². The second-order valence-electron chi connectivity index (χ2n) is 14.9. The smallest absolute Gasteiger partial charge is 0.264 e. The normalized spacial score (nSPS) is 23.1. The topological polar surface area (TPSA) is 122 Å². The van der Waals surface area contributed by atoms with Gasteiger partial charge in [-0.1, -0.05) is 45.0 Å². The maximum Gasteiger partial charge on any atom is 0.264 e. The summed E-state index contributed by atoms with van der Waals surface area (Å²) in [5, 5.41) is 0. The minimum atomic E-state index is -4.14. The van der Waals surface area contributed by atoms with Gasteiger partial charge in [0.2, 0.25) is 17.7 Å². The van der Waals surface area contributed by atoms with E-state index in [9.17, 15) is 18.0 Å². The Labute approximate surface area is 284 Å². The molecule has 0 unspecified atom stereocenters. The highest BCUT2D eigenvalue weighted by atomic mass is 32.2. The van der Waals surface area contributed by atoms with Gasteiger partial charge in [0, 0.05) is 42.7 Å². The molecular formula is C37H47N5O5S. The highest BCUT2D eigenvalue weighted by molar-refractivity contribution is 7.92. The molecular weight excluding hydrogens is 627 g/mol. The second kappa shape index (κ2) is 13.5. The van der Waals surface area contributed by atoms with Crippen LogP contribution < -0.4 is 9.46 Å². The number of likely N-dealkylation sites (tertiary alicyclic amines) is 1. The molecule has 0 radical (unpaired) electrons. The number of sulfonamides is 1. The van der Waals surface area contributed by atoms with E-state index < -0.39 is 10.0 Å². The number of hydrogen-bond acceptors (Lipinski definition) is 7. The first-order chi connectivity index (χ1) is 22.8. The zero-order valence-corrected chi connectivity index (χ0v) is 29.5. The van der Waals surface area contributed by atoms with Crippen molar-refractivity contribution in [1.82, 2.24) is 19.8 Å². The number of amides is 2. The third-order valence-corrected chi connectivity index (χ3v) is 11.2. The van der Waals surface area contributed by atoms with E-state index in [1.807, 2.05) is 36.9 Å². The fourth-order valence-electron chi connectivity index (χ4n) is 7.55. The average molecular weight is 674 g/mol. The molecule has 3 heterocycles. The van der Waals surface area contributed by atoms with Crippen LogP contribution in [0, 0.1) is 25.2 Å². The van der Waals surface area contributed by atoms with Gasteiger partial charge in [0.25, 0.3) is 15.9 Å². The number of benzene rings is 2. The molecule has 256 valence electrons. The predicted octanol–water partition coefficient (Wildman–Crippen LogP) is 6.38. The number of aromatic nitrogens is 2. The molecule has 2 fully saturated rings. The number of nitrogens with one attached hydrogen (secondary N) is 1. The van der Waals surface area contributed by atoms with Gasteiger partial charge >= 0.3 is 0 Å². The molecule has 1 saturated heterocycles. The van der Waals surface area contributed by atoms with E-state index in [1.165, 1.54) is 12.1 Å². The van der Waals surface area contributed by atoms with Gasteiger partial charge in [-0.25, -0.2) is 18.1 Å². The maximum absolute atomic E-state index is 14.5. The van der Waals surface area contributed by atoms with Crippen LogP contribution in [0.15, 0.2) is 53.4 Å². The SMILES string of the molecule is Cc1cccc(C)c1-c1cc2nc(n1)NS(=O)(=O)c1cccc(c1)C(=O)N(CC1CCC(N3CCCC3=O)CC1)[C@H](CC(C)(C)C)CO2. The van der Waals surface area contributed by atoms with E-state index in [1.54, 1.807) is 18.2 Å². The van der Waals surface area contributed by atoms with E-state index in [-0.39, 0.29) is 58.6 Å². The van der Waals surface area contributed by atoms with Crippen molar-refractivity contribution in [3.63, 3.8) is 0 Å². The highest BCUT2D eigenvalue weighted by Gasteiger charge is 2.36. The van der Waals surface area contributed by atoms with Crippen molar-refractivity contribution in [1.29, 1.82) is 0 Å². The van der Waals surface area contributed by atoms with Crippen LogP contribution in [-0.2, 0) is 14.8 Å². The molecule has 48 heavy (non-hydrogen) atoms. The Morgan fingerprint density at radius 3 is 2.33 bits per heavy atom. The summed E-state index contributed by atoms with van der Waals surface area (Å²) in [6, 6.07) is 13.8. The lowest BCUT2D eigenvalue weighted by atomic mass is 9.83. The number of rotatable bonds is 5. The van der Waals surface area contributed by atoms with Crippen LogP contribution >= 0.6 is 0 Å². The molecule has 6 rings (SSSR count). The first kappa shape index (κ1) is 33.9. The highest BCUT2D eigenvalue weighted by Crippen LogP contribution is 2.34. The van der Waals surface area contributed by atoms with E-state index in [4.69, 9.17) is 4.74 Å². The fourth-order valence-corrected chi connectivity index (χ4v) is 8.54. The summed E-state index contributed by atoms with van der Waals surface area (Å²) in [5.41, 5.74) is 3.57. The fraction of sp³-hybridized carbons (Fsp3) is 0.514. The third-order valence-electron chi connectivity index (χ3n) is 9.85. The van der Waals surface area contributed by atoms with Crippen molar-refractivity contribution >= 4 is 27.8 Å². The van der Waals surface area contributed by atoms with Crippen molar-refractivity contribution in [2.75, 3.05) is 24.4 Å². The molecule has 3 aromatic rings. The lowest BCUT2D eigenvalue weighted by molar-refractivity contribution is -0.130. The predicted molar refractivity (Wildman–Crippen MR) is 185 cm³/mol. The number of anilines is 1. The number of aryl methyl sites for hydroxylation is 2. The molecule has 1 aliphatic carbocycles. The van der Waals surface area contributed by atoms with Gasteiger partial charge in [0.1, 0.15) is 6.61 Å². The Bertz CT molecular complexity index is 1780. The zero-order chi connectivity index (χ0) is 34.2. The summed E-state index contributed by atoms with van der Waals surface area (Å²) in [7, 11) is -4.14. The number of fused-ring (bicyclic) bond motifs is 4. The standard InChI is InChI=1S/C37H47N5O5S/c1-24-9-6-10-25(2)34(24)31-20-32-39-36(38-31)40-48(45,46)30-12-7-11-27(19-30)35(44)42(29(23-47-32)21-37(3,4)5)22-26-14-16-28(17-15-26)41-18-8-13-33(41)43/h6-7,9-12,19-20,26,28-29H,8,13-18,21-23H2,1-5H3,(H,38,39,40)/t26?,28?,29-/m1/s1. The van der Waals surface area contributed by atoms with Crippen molar-refractivity contribution in [3.05, 3.63) is 65.2 Å². The lowest BCUT2D eigenvalue weighted by Gasteiger charge is -2.40. The second-order valence-corrected chi connectivity index (χ2v) is 16.5. The van der Waals surface area contributed by atoms with Gasteiger partial charge < -0.3 is 14.5 Å². The van der Waals surface area contributed by atoms with Gasteiger partial charge in [-0.15, -0.1) is 0 Å². The first-order valence-electron chi connectivity index (χ1n) is 17.1. The van der Waals surface area contributed by atoms with Crippen LogP contribution in [0.25, 0.3) is 11.3 Å². The third kappa shape index (κ3) is 7.51. The minimum absolute atomic E-state index is 0.0424. The van der Waals surface area contributed by atoms with Crippen molar-refractivity contribution in [2.45, 2.75) is 96.5 Å². The quantitative estimate of drug-likeness (QED) is 0.334. The van der Waals surface area contributed by atoms with Crippen LogP contribution in [0.5, 0.6) is 5.88 Å². The number of nitrogens with zero attached hydrogens (tertiary/aromatic N) is 4. The minimum Gasteiger partial charge on any atom is -0.475 e. The summed E-state index contributed by atoms with van der Waals surface area (Å²) in [6.45, 7) is 11.9. The summed E-state index contributed by atoms with van der Waals surface area (Å²) >= 11 is 0. The summed E-state index contributed by atoms with van der Waals surface area (Å²) < 4.78 is 36.4. The average Bonchev–Trinajstić information content (AvgIpc) is 3.46. The largest absolute Gasteiger partial charge is 0.475 e. The molecule has 2 amide bonds. The van der Waals surface area contributed by atoms with Crippen molar-refractivity contribution in [3.8, 4) is 17.1 Å². The molecule has 0 spiro atoms. The Morgan fingerprint density at radius 1 is 0.958 bits per heavy atom. The lowest BCUT2D eigenvalue weighted by Crippen LogP contribution is -2.49. The molecule has 11 heteroatoms. The summed E-state index contributed by atoms with van der Waals surface area (Å²) in [4.78, 5) is 40.0. The molecule has 1 atom stereocenters. The molecule has 1 saturated carbocycles. The van der Waals surface area contributed by atoms with Gasteiger partial charge in [0.15, 0.2) is 0 Å². The summed E-state index contributed by atoms with van der Waals surface area (Å²) in [6.07, 6.45) is 5.89. The molecule has 2 aromatic carbocycles. The Morgan fingerprint density at radius 2 is 1.67 bits per heavy atom. The number of ether oxygens (including phenoxy) is 1. The number of carbonyl (C=O) groups is 2. The molecule has 4 bridgehead atoms. The van der Waals surface area contributed by atoms with Gasteiger partial charge in [-0.2, -0.15) is 4.98 Å². The van der Waals surface area contributed by atoms with Gasteiger partial charge in [-0.3, -0.25) is 9.59 Å². The Hall–Kier alpha value is -3.99. The number of carbonyl (C=O) groups excluding carboxylic acids is 2. The van der Waals surface area contributed by atoms with Crippen LogP contribution in [0.1, 0.15) is 87.2 Å². The maximum atomic E-state index is 14.5. The van der Waals surface area contributed by atoms with E-state index in [0.717, 1.165) is 55.3 Å². The van der Waals surface area contributed by atoms with Crippen LogP contribution in [0.2, 0.25) is 0 Å². The van der Waals surface area contributed by atoms with E-state index >= 15 is 0 Å². The molecule has 3 aliphatic rings. The first-order valence-corrected chi connectivity index (χ1v) is 18.6. The van der Waals surface area contributed by atoms with E-state index in [0.29, 0.717) is 30.6 Å². The van der Waals surface area contributed by atoms with Gasteiger partial charge in [0.05, 0.1) is 16.6 Å². The molecule has 2 aliphatic heterocycles. The summed E-state index contributed by atoms with van der Waals surface area (Å²) in [5.74, 6) is 0.408. The zero-order valence-electron chi connectivity index (χ0n) is 28.7. The molecule has 10 nitrogen and oxygen atoms in total. The van der Waals surface area contributed by atoms with Crippen LogP contribution in [0.4, 0.5) is 5.95 Å².